The summed E-state index contributed by atoms with van der Waals surface area (Å²) in [5.41, 5.74) is 2.47. The van der Waals surface area contributed by atoms with Crippen molar-refractivity contribution in [2.45, 2.75) is 0 Å². The van der Waals surface area contributed by atoms with Gasteiger partial charge in [0.25, 0.3) is 0 Å². The lowest BCUT2D eigenvalue weighted by Crippen LogP contribution is -1.94. The molecule has 1 aromatic heterocycles. The smallest absolute Gasteiger partial charge is 0.231 e. The average molecular weight is 303 g/mol. The van der Waals surface area contributed by atoms with Gasteiger partial charge in [-0.05, 0) is 48.0 Å². The standard InChI is InChI=1S/C19H13NO3/c21-17(15-5-8-18-19(11-15)23-12-22-18)7-4-13-3-6-16-14(10-13)2-1-9-20-16/h1-11H,12H2/b7-4-. The summed E-state index contributed by atoms with van der Waals surface area (Å²) in [5, 5.41) is 1.05. The third-order valence-corrected chi connectivity index (χ3v) is 3.71. The summed E-state index contributed by atoms with van der Waals surface area (Å²) in [6, 6.07) is 15.0. The third kappa shape index (κ3) is 2.66. The number of aromatic nitrogens is 1. The Kier molecular flexibility index (Phi) is 3.27. The minimum atomic E-state index is -0.0745. The number of carbonyl (C=O) groups is 1. The summed E-state index contributed by atoms with van der Waals surface area (Å²) >= 11 is 0. The van der Waals surface area contributed by atoms with Crippen LogP contribution in [0.1, 0.15) is 15.9 Å². The monoisotopic (exact) mass is 303 g/mol. The largest absolute Gasteiger partial charge is 0.454 e. The maximum atomic E-state index is 12.3. The number of hydrogen-bond donors (Lipinski definition) is 0. The Hall–Kier alpha value is -3.14. The molecule has 0 spiro atoms. The Morgan fingerprint density at radius 1 is 1.04 bits per heavy atom. The SMILES string of the molecule is O=C(/C=C\c1ccc2ncccc2c1)c1ccc2c(c1)OCO2. The van der Waals surface area contributed by atoms with Crippen molar-refractivity contribution in [3.63, 3.8) is 0 Å². The number of pyridine rings is 1. The summed E-state index contributed by atoms with van der Waals surface area (Å²) < 4.78 is 10.5. The highest BCUT2D eigenvalue weighted by molar-refractivity contribution is 6.07. The molecule has 23 heavy (non-hydrogen) atoms. The summed E-state index contributed by atoms with van der Waals surface area (Å²) in [7, 11) is 0. The summed E-state index contributed by atoms with van der Waals surface area (Å²) in [6.45, 7) is 0.202. The predicted molar refractivity (Wildman–Crippen MR) is 87.7 cm³/mol. The summed E-state index contributed by atoms with van der Waals surface area (Å²) in [5.74, 6) is 1.21. The summed E-state index contributed by atoms with van der Waals surface area (Å²) in [6.07, 6.45) is 5.13. The zero-order valence-corrected chi connectivity index (χ0v) is 12.2. The first kappa shape index (κ1) is 13.5. The Bertz CT molecular complexity index is 931. The zero-order valence-electron chi connectivity index (χ0n) is 12.2. The second-order valence-corrected chi connectivity index (χ2v) is 5.22. The maximum Gasteiger partial charge on any atom is 0.231 e. The number of allylic oxidation sites excluding steroid dienone is 1. The van der Waals surface area contributed by atoms with Crippen molar-refractivity contribution in [1.82, 2.24) is 4.98 Å². The molecule has 0 aliphatic carbocycles. The lowest BCUT2D eigenvalue weighted by molar-refractivity contribution is 0.104. The van der Waals surface area contributed by atoms with E-state index in [4.69, 9.17) is 9.47 Å². The van der Waals surface area contributed by atoms with Gasteiger partial charge in [0, 0.05) is 17.1 Å². The molecular formula is C19H13NO3. The average Bonchev–Trinajstić information content (AvgIpc) is 3.07. The number of rotatable bonds is 3. The molecule has 0 saturated carbocycles. The van der Waals surface area contributed by atoms with Crippen molar-refractivity contribution in [3.05, 3.63) is 71.9 Å². The molecule has 0 unspecified atom stereocenters. The number of carbonyl (C=O) groups excluding carboxylic acids is 1. The van der Waals surface area contributed by atoms with Gasteiger partial charge in [-0.25, -0.2) is 0 Å². The van der Waals surface area contributed by atoms with Crippen LogP contribution in [-0.4, -0.2) is 17.6 Å². The molecule has 0 saturated heterocycles. The van der Waals surface area contributed by atoms with Gasteiger partial charge in [0.15, 0.2) is 17.3 Å². The second kappa shape index (κ2) is 5.57. The molecule has 2 heterocycles. The fourth-order valence-electron chi connectivity index (χ4n) is 2.52. The van der Waals surface area contributed by atoms with Gasteiger partial charge in [-0.2, -0.15) is 0 Å². The van der Waals surface area contributed by atoms with Crippen molar-refractivity contribution in [2.75, 3.05) is 6.79 Å². The molecule has 0 atom stereocenters. The first-order valence-electron chi connectivity index (χ1n) is 7.26. The van der Waals surface area contributed by atoms with Crippen molar-refractivity contribution >= 4 is 22.8 Å². The third-order valence-electron chi connectivity index (χ3n) is 3.71. The molecular weight excluding hydrogens is 290 g/mol. The number of ketones is 1. The Labute approximate surface area is 133 Å². The molecule has 2 aromatic carbocycles. The van der Waals surface area contributed by atoms with Crippen LogP contribution in [0.3, 0.4) is 0 Å². The van der Waals surface area contributed by atoms with Gasteiger partial charge in [0.05, 0.1) is 5.52 Å². The number of fused-ring (bicyclic) bond motifs is 2. The normalized spacial score (nSPS) is 12.9. The van der Waals surface area contributed by atoms with Crippen LogP contribution in [0, 0.1) is 0 Å². The van der Waals surface area contributed by atoms with E-state index >= 15 is 0 Å². The van der Waals surface area contributed by atoms with Crippen LogP contribution in [-0.2, 0) is 0 Å². The van der Waals surface area contributed by atoms with E-state index < -0.39 is 0 Å². The number of hydrogen-bond acceptors (Lipinski definition) is 4. The highest BCUT2D eigenvalue weighted by Gasteiger charge is 2.14. The van der Waals surface area contributed by atoms with Crippen LogP contribution in [0.25, 0.3) is 17.0 Å². The highest BCUT2D eigenvalue weighted by atomic mass is 16.7. The first-order valence-corrected chi connectivity index (χ1v) is 7.26. The van der Waals surface area contributed by atoms with E-state index in [1.807, 2.05) is 30.3 Å². The van der Waals surface area contributed by atoms with Crippen LogP contribution < -0.4 is 9.47 Å². The van der Waals surface area contributed by atoms with Gasteiger partial charge in [-0.15, -0.1) is 0 Å². The van der Waals surface area contributed by atoms with Crippen molar-refractivity contribution in [1.29, 1.82) is 0 Å². The molecule has 1 aliphatic rings. The molecule has 112 valence electrons. The molecule has 4 heteroatoms. The van der Waals surface area contributed by atoms with E-state index in [9.17, 15) is 4.79 Å². The predicted octanol–water partition coefficient (Wildman–Crippen LogP) is 3.86. The zero-order chi connectivity index (χ0) is 15.6. The van der Waals surface area contributed by atoms with E-state index in [1.165, 1.54) is 0 Å². The first-order chi connectivity index (χ1) is 11.3. The van der Waals surface area contributed by atoms with Crippen LogP contribution >= 0.6 is 0 Å². The number of ether oxygens (including phenoxy) is 2. The van der Waals surface area contributed by atoms with Crippen LogP contribution in [0.5, 0.6) is 11.5 Å². The maximum absolute atomic E-state index is 12.3. The Morgan fingerprint density at radius 3 is 2.91 bits per heavy atom. The number of nitrogens with zero attached hydrogens (tertiary/aromatic N) is 1. The van der Waals surface area contributed by atoms with Gasteiger partial charge in [-0.3, -0.25) is 9.78 Å². The van der Waals surface area contributed by atoms with E-state index in [0.29, 0.717) is 17.1 Å². The fourth-order valence-corrected chi connectivity index (χ4v) is 2.52. The van der Waals surface area contributed by atoms with E-state index in [1.54, 1.807) is 36.5 Å². The quantitative estimate of drug-likeness (QED) is 0.544. The van der Waals surface area contributed by atoms with Crippen molar-refractivity contribution in [3.8, 4) is 11.5 Å². The Balaban J connectivity index is 1.58. The molecule has 1 aliphatic heterocycles. The van der Waals surface area contributed by atoms with E-state index in [0.717, 1.165) is 16.5 Å². The lowest BCUT2D eigenvalue weighted by atomic mass is 10.1. The fraction of sp³-hybridized carbons (Fsp3) is 0.0526. The van der Waals surface area contributed by atoms with Gasteiger partial charge in [0.2, 0.25) is 6.79 Å². The van der Waals surface area contributed by atoms with Crippen LogP contribution in [0.2, 0.25) is 0 Å². The molecule has 0 radical (unpaired) electrons. The molecule has 3 aromatic rings. The second-order valence-electron chi connectivity index (χ2n) is 5.22. The molecule has 0 N–H and O–H groups in total. The Morgan fingerprint density at radius 2 is 1.96 bits per heavy atom. The van der Waals surface area contributed by atoms with Crippen molar-refractivity contribution < 1.29 is 14.3 Å². The van der Waals surface area contributed by atoms with E-state index in [-0.39, 0.29) is 12.6 Å². The van der Waals surface area contributed by atoms with E-state index in [2.05, 4.69) is 4.98 Å². The lowest BCUT2D eigenvalue weighted by Gasteiger charge is -2.00. The molecule has 0 fully saturated rings. The number of benzene rings is 2. The topological polar surface area (TPSA) is 48.4 Å². The van der Waals surface area contributed by atoms with Gasteiger partial charge in [-0.1, -0.05) is 18.2 Å². The molecule has 4 rings (SSSR count). The van der Waals surface area contributed by atoms with Crippen molar-refractivity contribution in [2.24, 2.45) is 0 Å². The minimum absolute atomic E-state index is 0.0745. The minimum Gasteiger partial charge on any atom is -0.454 e. The van der Waals surface area contributed by atoms with Gasteiger partial charge < -0.3 is 9.47 Å². The van der Waals surface area contributed by atoms with Crippen LogP contribution in [0.15, 0.2) is 60.8 Å². The molecule has 0 amide bonds. The molecule has 4 nitrogen and oxygen atoms in total. The van der Waals surface area contributed by atoms with Crippen LogP contribution in [0.4, 0.5) is 0 Å². The van der Waals surface area contributed by atoms with Gasteiger partial charge >= 0.3 is 0 Å². The summed E-state index contributed by atoms with van der Waals surface area (Å²) in [4.78, 5) is 16.6. The van der Waals surface area contributed by atoms with Gasteiger partial charge in [0.1, 0.15) is 0 Å². The molecule has 0 bridgehead atoms. The highest BCUT2D eigenvalue weighted by Crippen LogP contribution is 2.32.